The summed E-state index contributed by atoms with van der Waals surface area (Å²) in [6.07, 6.45) is 0. The molecule has 0 aliphatic rings. The van der Waals surface area contributed by atoms with Crippen LogP contribution < -0.4 is 0 Å². The normalized spacial score (nSPS) is 11.6. The summed E-state index contributed by atoms with van der Waals surface area (Å²) in [5.41, 5.74) is 11.5. The molecule has 0 amide bonds. The van der Waals surface area contributed by atoms with Gasteiger partial charge >= 0.3 is 0 Å². The average molecular weight is 734 g/mol. The van der Waals surface area contributed by atoms with Gasteiger partial charge in [0.1, 0.15) is 11.2 Å². The Hall–Kier alpha value is -7.21. The quantitative estimate of drug-likeness (QED) is 0.171. The first-order valence-corrected chi connectivity index (χ1v) is 19.5. The Morgan fingerprint density at radius 1 is 0.339 bits per heavy atom. The van der Waals surface area contributed by atoms with E-state index in [0.29, 0.717) is 17.5 Å². The van der Waals surface area contributed by atoms with Gasteiger partial charge in [-0.2, -0.15) is 0 Å². The van der Waals surface area contributed by atoms with E-state index < -0.39 is 0 Å². The summed E-state index contributed by atoms with van der Waals surface area (Å²) in [6, 6.07) is 65.7. The number of hydrogen-bond acceptors (Lipinski definition) is 5. The van der Waals surface area contributed by atoms with E-state index in [2.05, 4.69) is 115 Å². The SMILES string of the molecule is c1ccc(-c2cccc(-c3ccc(-c4ccc5c(c4)oc4cccc(-c6nc(-c7ccccc7)nc(-c7ccccc7)n6)c45)c4sc5ccccc5c34)c2)cc1. The van der Waals surface area contributed by atoms with Crippen LogP contribution in [-0.2, 0) is 0 Å². The third-order valence-corrected chi connectivity index (χ3v) is 11.8. The number of furan rings is 1. The Kier molecular flexibility index (Phi) is 7.64. The molecule has 0 N–H and O–H groups in total. The first-order chi connectivity index (χ1) is 27.7. The first-order valence-electron chi connectivity index (χ1n) is 18.7. The van der Waals surface area contributed by atoms with Gasteiger partial charge in [0.05, 0.1) is 0 Å². The van der Waals surface area contributed by atoms with Gasteiger partial charge in [-0.1, -0.05) is 158 Å². The second-order valence-electron chi connectivity index (χ2n) is 13.9. The molecule has 0 saturated carbocycles. The van der Waals surface area contributed by atoms with E-state index in [-0.39, 0.29) is 0 Å². The lowest BCUT2D eigenvalue weighted by Gasteiger charge is -2.11. The zero-order valence-electron chi connectivity index (χ0n) is 30.1. The van der Waals surface area contributed by atoms with Crippen molar-refractivity contribution in [1.29, 1.82) is 0 Å². The summed E-state index contributed by atoms with van der Waals surface area (Å²) in [7, 11) is 0. The van der Waals surface area contributed by atoms with E-state index >= 15 is 0 Å². The van der Waals surface area contributed by atoms with Gasteiger partial charge in [0.25, 0.3) is 0 Å². The summed E-state index contributed by atoms with van der Waals surface area (Å²) >= 11 is 1.85. The molecule has 3 aromatic heterocycles. The third-order valence-electron chi connectivity index (χ3n) is 10.6. The Balaban J connectivity index is 1.07. The maximum atomic E-state index is 6.66. The summed E-state index contributed by atoms with van der Waals surface area (Å²) in [6.45, 7) is 0. The number of nitrogens with zero attached hydrogens (tertiary/aromatic N) is 3. The van der Waals surface area contributed by atoms with Crippen LogP contribution >= 0.6 is 11.3 Å². The molecule has 262 valence electrons. The molecule has 0 bridgehead atoms. The van der Waals surface area contributed by atoms with Crippen LogP contribution in [0.1, 0.15) is 0 Å². The lowest BCUT2D eigenvalue weighted by Crippen LogP contribution is -2.00. The van der Waals surface area contributed by atoms with Crippen LogP contribution in [0.5, 0.6) is 0 Å². The summed E-state index contributed by atoms with van der Waals surface area (Å²) in [5, 5.41) is 4.55. The number of fused-ring (bicyclic) bond motifs is 6. The van der Waals surface area contributed by atoms with Crippen LogP contribution in [0.15, 0.2) is 192 Å². The molecule has 56 heavy (non-hydrogen) atoms. The lowest BCUT2D eigenvalue weighted by molar-refractivity contribution is 0.669. The number of aromatic nitrogens is 3. The van der Waals surface area contributed by atoms with E-state index in [1.54, 1.807) is 0 Å². The van der Waals surface area contributed by atoms with Gasteiger partial charge in [0.2, 0.25) is 0 Å². The number of thiophene rings is 1. The highest BCUT2D eigenvalue weighted by Crippen LogP contribution is 2.46. The van der Waals surface area contributed by atoms with Gasteiger partial charge in [-0.3, -0.25) is 0 Å². The molecular weight excluding hydrogens is 703 g/mol. The molecule has 11 aromatic rings. The van der Waals surface area contributed by atoms with E-state index in [4.69, 9.17) is 19.4 Å². The molecule has 0 aliphatic heterocycles. The van der Waals surface area contributed by atoms with Crippen molar-refractivity contribution in [3.8, 4) is 67.5 Å². The predicted octanol–water partition coefficient (Wildman–Crippen LogP) is 14.1. The van der Waals surface area contributed by atoms with Gasteiger partial charge < -0.3 is 4.42 Å². The minimum Gasteiger partial charge on any atom is -0.456 e. The van der Waals surface area contributed by atoms with Crippen LogP contribution in [0.25, 0.3) is 110 Å². The fourth-order valence-electron chi connectivity index (χ4n) is 7.90. The van der Waals surface area contributed by atoms with Crippen LogP contribution in [0.3, 0.4) is 0 Å². The van der Waals surface area contributed by atoms with Crippen LogP contribution in [0.4, 0.5) is 0 Å². The molecule has 0 aliphatic carbocycles. The molecule has 0 saturated heterocycles. The first kappa shape index (κ1) is 32.2. The summed E-state index contributed by atoms with van der Waals surface area (Å²) in [4.78, 5) is 15.0. The largest absolute Gasteiger partial charge is 0.456 e. The fraction of sp³-hybridized carbons (Fsp3) is 0. The summed E-state index contributed by atoms with van der Waals surface area (Å²) < 4.78 is 9.19. The minimum atomic E-state index is 0.606. The molecule has 0 fully saturated rings. The molecule has 0 radical (unpaired) electrons. The van der Waals surface area contributed by atoms with E-state index in [1.165, 1.54) is 48.0 Å². The van der Waals surface area contributed by atoms with Gasteiger partial charge in [0.15, 0.2) is 17.5 Å². The molecule has 0 spiro atoms. The fourth-order valence-corrected chi connectivity index (χ4v) is 9.17. The maximum absolute atomic E-state index is 6.66. The van der Waals surface area contributed by atoms with Gasteiger partial charge in [-0.15, -0.1) is 11.3 Å². The van der Waals surface area contributed by atoms with Gasteiger partial charge in [0, 0.05) is 47.6 Å². The smallest absolute Gasteiger partial charge is 0.164 e. The standard InChI is InChI=1S/C51H31N3OS/c1-4-14-32(15-5-1)35-20-12-21-36(30-35)38-28-29-39(48-47(38)41-22-10-11-25-45(41)56-48)37-26-27-40-44(31-37)55-43-24-13-23-42(46(40)43)51-53-49(33-16-6-2-7-17-33)52-50(54-51)34-18-8-3-9-19-34/h1-31H. The van der Waals surface area contributed by atoms with E-state index in [0.717, 1.165) is 44.2 Å². The van der Waals surface area contributed by atoms with Crippen molar-refractivity contribution in [2.45, 2.75) is 0 Å². The van der Waals surface area contributed by atoms with Crippen molar-refractivity contribution in [2.75, 3.05) is 0 Å². The minimum absolute atomic E-state index is 0.606. The van der Waals surface area contributed by atoms with Crippen molar-refractivity contribution in [1.82, 2.24) is 15.0 Å². The number of rotatable bonds is 6. The molecule has 0 atom stereocenters. The zero-order chi connectivity index (χ0) is 37.0. The van der Waals surface area contributed by atoms with Crippen LogP contribution in [0, 0.1) is 0 Å². The number of benzene rings is 8. The molecule has 3 heterocycles. The predicted molar refractivity (Wildman–Crippen MR) is 233 cm³/mol. The van der Waals surface area contributed by atoms with Gasteiger partial charge in [-0.05, 0) is 63.7 Å². The molecule has 0 unspecified atom stereocenters. The molecule has 5 heteroatoms. The molecular formula is C51H31N3OS. The van der Waals surface area contributed by atoms with Crippen molar-refractivity contribution in [3.63, 3.8) is 0 Å². The highest BCUT2D eigenvalue weighted by Gasteiger charge is 2.20. The van der Waals surface area contributed by atoms with Crippen LogP contribution in [-0.4, -0.2) is 15.0 Å². The number of hydrogen-bond donors (Lipinski definition) is 0. The Labute approximate surface area is 327 Å². The highest BCUT2D eigenvalue weighted by molar-refractivity contribution is 7.26. The molecule has 4 nitrogen and oxygen atoms in total. The van der Waals surface area contributed by atoms with Crippen molar-refractivity contribution in [2.24, 2.45) is 0 Å². The highest BCUT2D eigenvalue weighted by atomic mass is 32.1. The van der Waals surface area contributed by atoms with Crippen molar-refractivity contribution < 1.29 is 4.42 Å². The maximum Gasteiger partial charge on any atom is 0.164 e. The third kappa shape index (κ3) is 5.48. The van der Waals surface area contributed by atoms with Crippen molar-refractivity contribution in [3.05, 3.63) is 188 Å². The average Bonchev–Trinajstić information content (AvgIpc) is 3.86. The van der Waals surface area contributed by atoms with Gasteiger partial charge in [-0.25, -0.2) is 15.0 Å². The second-order valence-corrected chi connectivity index (χ2v) is 15.0. The topological polar surface area (TPSA) is 51.8 Å². The Bertz CT molecular complexity index is 3180. The second kappa shape index (κ2) is 13.3. The summed E-state index contributed by atoms with van der Waals surface area (Å²) in [5.74, 6) is 1.86. The Morgan fingerprint density at radius 3 is 1.68 bits per heavy atom. The lowest BCUT2D eigenvalue weighted by atomic mass is 9.93. The Morgan fingerprint density at radius 2 is 0.929 bits per heavy atom. The molecule has 11 rings (SSSR count). The van der Waals surface area contributed by atoms with E-state index in [1.807, 2.05) is 84.1 Å². The van der Waals surface area contributed by atoms with Crippen molar-refractivity contribution >= 4 is 53.4 Å². The molecule has 8 aromatic carbocycles. The van der Waals surface area contributed by atoms with E-state index in [9.17, 15) is 0 Å². The zero-order valence-corrected chi connectivity index (χ0v) is 30.9. The van der Waals surface area contributed by atoms with Crippen LogP contribution in [0.2, 0.25) is 0 Å². The monoisotopic (exact) mass is 733 g/mol.